The highest BCUT2D eigenvalue weighted by Gasteiger charge is 2.17. The van der Waals surface area contributed by atoms with Gasteiger partial charge in [-0.2, -0.15) is 0 Å². The molecule has 0 aliphatic heterocycles. The molecule has 0 heterocycles. The van der Waals surface area contributed by atoms with Crippen LogP contribution < -0.4 is 23.8 Å². The number of ether oxygens (including phenoxy) is 3. The van der Waals surface area contributed by atoms with E-state index in [1.54, 1.807) is 55.6 Å². The van der Waals surface area contributed by atoms with Gasteiger partial charge in [0.05, 0.1) is 25.6 Å². The molecule has 0 saturated carbocycles. The van der Waals surface area contributed by atoms with Crippen molar-refractivity contribution in [2.24, 2.45) is 0 Å². The molecule has 0 saturated heterocycles. The van der Waals surface area contributed by atoms with E-state index >= 15 is 0 Å². The zero-order valence-electron chi connectivity index (χ0n) is 19.8. The van der Waals surface area contributed by atoms with Gasteiger partial charge in [0.25, 0.3) is 0 Å². The zero-order valence-corrected chi connectivity index (χ0v) is 20.7. The lowest BCUT2D eigenvalue weighted by Gasteiger charge is -2.22. The molecule has 0 unspecified atom stereocenters. The fourth-order valence-corrected chi connectivity index (χ4v) is 4.26. The molecule has 0 aliphatic rings. The number of methoxy groups -OCH3 is 1. The summed E-state index contributed by atoms with van der Waals surface area (Å²) < 4.78 is 42.4. The Hall–Kier alpha value is -3.72. The van der Waals surface area contributed by atoms with Crippen molar-refractivity contribution in [1.82, 2.24) is 5.32 Å². The van der Waals surface area contributed by atoms with Gasteiger partial charge >= 0.3 is 0 Å². The van der Waals surface area contributed by atoms with E-state index in [1.165, 1.54) is 4.31 Å². The van der Waals surface area contributed by atoms with E-state index in [4.69, 9.17) is 14.2 Å². The van der Waals surface area contributed by atoms with Gasteiger partial charge in [-0.25, -0.2) is 8.42 Å². The Balaban J connectivity index is 1.43. The van der Waals surface area contributed by atoms with E-state index in [0.29, 0.717) is 42.5 Å². The Morgan fingerprint density at radius 2 is 1.46 bits per heavy atom. The zero-order chi connectivity index (χ0) is 25.1. The number of hydrogen-bond donors (Lipinski definition) is 1. The topological polar surface area (TPSA) is 94.2 Å². The molecule has 0 bridgehead atoms. The Morgan fingerprint density at radius 1 is 0.857 bits per heavy atom. The second-order valence-electron chi connectivity index (χ2n) is 7.72. The van der Waals surface area contributed by atoms with Crippen molar-refractivity contribution >= 4 is 21.6 Å². The van der Waals surface area contributed by atoms with Crippen LogP contribution in [-0.4, -0.2) is 47.4 Å². The van der Waals surface area contributed by atoms with Crippen LogP contribution >= 0.6 is 0 Å². The largest absolute Gasteiger partial charge is 0.497 e. The Labute approximate surface area is 206 Å². The normalized spacial score (nSPS) is 10.9. The summed E-state index contributed by atoms with van der Waals surface area (Å²) in [4.78, 5) is 12.2. The average Bonchev–Trinajstić information content (AvgIpc) is 2.85. The number of nitrogens with one attached hydrogen (secondary N) is 1. The first-order chi connectivity index (χ1) is 16.8. The van der Waals surface area contributed by atoms with Gasteiger partial charge in [-0.05, 0) is 67.1 Å². The number of rotatable bonds is 13. The first-order valence-electron chi connectivity index (χ1n) is 11.2. The van der Waals surface area contributed by atoms with Crippen LogP contribution in [0.1, 0.15) is 12.8 Å². The highest BCUT2D eigenvalue weighted by atomic mass is 32.2. The third-order valence-electron chi connectivity index (χ3n) is 5.02. The van der Waals surface area contributed by atoms with Crippen molar-refractivity contribution in [3.05, 3.63) is 78.9 Å². The van der Waals surface area contributed by atoms with Crippen LogP contribution in [0.2, 0.25) is 0 Å². The highest BCUT2D eigenvalue weighted by molar-refractivity contribution is 7.92. The van der Waals surface area contributed by atoms with E-state index in [0.717, 1.165) is 12.0 Å². The average molecular weight is 499 g/mol. The number of amides is 1. The van der Waals surface area contributed by atoms with Gasteiger partial charge < -0.3 is 19.5 Å². The summed E-state index contributed by atoms with van der Waals surface area (Å²) in [5.74, 6) is 2.56. The molecule has 0 spiro atoms. The highest BCUT2D eigenvalue weighted by Crippen LogP contribution is 2.25. The maximum Gasteiger partial charge on any atom is 0.232 e. The van der Waals surface area contributed by atoms with Crippen LogP contribution in [0.15, 0.2) is 78.9 Å². The lowest BCUT2D eigenvalue weighted by atomic mass is 10.2. The van der Waals surface area contributed by atoms with Gasteiger partial charge in [0.1, 0.15) is 29.6 Å². The number of anilines is 1. The van der Waals surface area contributed by atoms with Gasteiger partial charge in [0, 0.05) is 13.0 Å². The SMILES string of the molecule is COc1ccc(OCCNC(=O)CCCN(c2ccc(Oc3ccccc3)cc2)S(C)(=O)=O)cc1. The second kappa shape index (κ2) is 12.7. The van der Waals surface area contributed by atoms with Gasteiger partial charge in [-0.1, -0.05) is 18.2 Å². The van der Waals surface area contributed by atoms with Crippen LogP contribution in [0.5, 0.6) is 23.0 Å². The predicted octanol–water partition coefficient (Wildman–Crippen LogP) is 4.23. The first-order valence-corrected chi connectivity index (χ1v) is 13.0. The van der Waals surface area contributed by atoms with Crippen molar-refractivity contribution in [3.63, 3.8) is 0 Å². The minimum absolute atomic E-state index is 0.164. The lowest BCUT2D eigenvalue weighted by Crippen LogP contribution is -2.32. The molecule has 0 aliphatic carbocycles. The third kappa shape index (κ3) is 8.53. The molecule has 8 nitrogen and oxygen atoms in total. The summed E-state index contributed by atoms with van der Waals surface area (Å²) in [5.41, 5.74) is 0.515. The predicted molar refractivity (Wildman–Crippen MR) is 136 cm³/mol. The fourth-order valence-electron chi connectivity index (χ4n) is 3.29. The Morgan fingerprint density at radius 3 is 2.09 bits per heavy atom. The van der Waals surface area contributed by atoms with Gasteiger partial charge in [-0.15, -0.1) is 0 Å². The molecule has 3 rings (SSSR count). The number of carbonyl (C=O) groups excluding carboxylic acids is 1. The summed E-state index contributed by atoms with van der Waals surface area (Å²) in [5, 5.41) is 2.79. The molecule has 0 aromatic heterocycles. The molecular weight excluding hydrogens is 468 g/mol. The molecule has 3 aromatic carbocycles. The molecular formula is C26H30N2O6S. The first kappa shape index (κ1) is 25.9. The van der Waals surface area contributed by atoms with Crippen LogP contribution in [0, 0.1) is 0 Å². The molecule has 0 fully saturated rings. The molecule has 3 aromatic rings. The monoisotopic (exact) mass is 498 g/mol. The van der Waals surface area contributed by atoms with E-state index in [2.05, 4.69) is 5.32 Å². The van der Waals surface area contributed by atoms with Crippen molar-refractivity contribution in [2.75, 3.05) is 37.4 Å². The lowest BCUT2D eigenvalue weighted by molar-refractivity contribution is -0.121. The maximum atomic E-state index is 12.3. The van der Waals surface area contributed by atoms with Crippen molar-refractivity contribution in [2.45, 2.75) is 12.8 Å². The van der Waals surface area contributed by atoms with Crippen LogP contribution in [0.3, 0.4) is 0 Å². The molecule has 1 N–H and O–H groups in total. The second-order valence-corrected chi connectivity index (χ2v) is 9.63. The fraction of sp³-hybridized carbons (Fsp3) is 0.269. The number of para-hydroxylation sites is 1. The van der Waals surface area contributed by atoms with E-state index < -0.39 is 10.0 Å². The van der Waals surface area contributed by atoms with Crippen LogP contribution in [0.25, 0.3) is 0 Å². The molecule has 1 amide bonds. The summed E-state index contributed by atoms with van der Waals surface area (Å²) in [6, 6.07) is 23.3. The van der Waals surface area contributed by atoms with Crippen molar-refractivity contribution in [3.8, 4) is 23.0 Å². The van der Waals surface area contributed by atoms with Gasteiger partial charge in [-0.3, -0.25) is 9.10 Å². The third-order valence-corrected chi connectivity index (χ3v) is 6.22. The quantitative estimate of drug-likeness (QED) is 0.355. The molecule has 9 heteroatoms. The van der Waals surface area contributed by atoms with E-state index in [9.17, 15) is 13.2 Å². The summed E-state index contributed by atoms with van der Waals surface area (Å²) in [6.07, 6.45) is 1.72. The van der Waals surface area contributed by atoms with Crippen LogP contribution in [0.4, 0.5) is 5.69 Å². The number of carbonyl (C=O) groups is 1. The minimum atomic E-state index is -3.51. The van der Waals surface area contributed by atoms with Crippen molar-refractivity contribution in [1.29, 1.82) is 0 Å². The van der Waals surface area contributed by atoms with Crippen LogP contribution in [-0.2, 0) is 14.8 Å². The number of hydrogen-bond acceptors (Lipinski definition) is 6. The Bertz CT molecular complexity index is 1170. The number of nitrogens with zero attached hydrogens (tertiary/aromatic N) is 1. The summed E-state index contributed by atoms with van der Waals surface area (Å²) >= 11 is 0. The summed E-state index contributed by atoms with van der Waals surface area (Å²) in [7, 11) is -1.92. The van der Waals surface area contributed by atoms with Crippen molar-refractivity contribution < 1.29 is 27.4 Å². The molecule has 0 atom stereocenters. The van der Waals surface area contributed by atoms with Gasteiger partial charge in [0.2, 0.25) is 15.9 Å². The standard InChI is InChI=1S/C26H30N2O6S/c1-32-22-14-16-23(17-15-22)33-20-18-27-26(29)9-6-19-28(35(2,30)31)21-10-12-25(13-11-21)34-24-7-4-3-5-8-24/h3-5,7-8,10-17H,6,9,18-20H2,1-2H3,(H,27,29). The Kier molecular flexibility index (Phi) is 9.37. The maximum absolute atomic E-state index is 12.3. The smallest absolute Gasteiger partial charge is 0.232 e. The molecule has 35 heavy (non-hydrogen) atoms. The van der Waals surface area contributed by atoms with Gasteiger partial charge in [0.15, 0.2) is 0 Å². The molecule has 0 radical (unpaired) electrons. The van der Waals surface area contributed by atoms with E-state index in [1.807, 2.05) is 30.3 Å². The minimum Gasteiger partial charge on any atom is -0.497 e. The summed E-state index contributed by atoms with van der Waals surface area (Å²) in [6.45, 7) is 0.863. The number of benzene rings is 3. The molecule has 186 valence electrons. The van der Waals surface area contributed by atoms with E-state index in [-0.39, 0.29) is 18.9 Å². The number of sulfonamides is 1.